The van der Waals surface area contributed by atoms with Crippen molar-refractivity contribution in [1.82, 2.24) is 0 Å². The van der Waals surface area contributed by atoms with Gasteiger partial charge in [0.05, 0.1) is 12.1 Å². The summed E-state index contributed by atoms with van der Waals surface area (Å²) in [7, 11) is 0. The molecular weight excluding hydrogens is 316 g/mol. The Morgan fingerprint density at radius 1 is 0.692 bits per heavy atom. The molecule has 2 heteroatoms. The van der Waals surface area contributed by atoms with Crippen LogP contribution in [-0.4, -0.2) is 25.2 Å². The van der Waals surface area contributed by atoms with E-state index in [-0.39, 0.29) is 0 Å². The zero-order valence-electron chi connectivity index (χ0n) is 14.8. The number of nitrogens with zero attached hydrogens (tertiary/aromatic N) is 2. The molecule has 0 aromatic heterocycles. The molecule has 0 bridgehead atoms. The number of rotatable bonds is 7. The van der Waals surface area contributed by atoms with E-state index >= 15 is 0 Å². The molecule has 3 rings (SSSR count). The van der Waals surface area contributed by atoms with E-state index in [1.165, 1.54) is 0 Å². The third-order valence-electron chi connectivity index (χ3n) is 3.91. The summed E-state index contributed by atoms with van der Waals surface area (Å²) < 4.78 is 0. The van der Waals surface area contributed by atoms with Crippen LogP contribution in [0.15, 0.2) is 101 Å². The first-order valence-corrected chi connectivity index (χ1v) is 8.88. The SMILES string of the molecule is C(=NCCCN=Cc1ccccc1)=C(c1ccccc1)c1ccccc1. The minimum Gasteiger partial charge on any atom is -0.292 e. The second kappa shape index (κ2) is 9.93. The molecule has 0 N–H and O–H groups in total. The van der Waals surface area contributed by atoms with Crippen LogP contribution < -0.4 is 0 Å². The Labute approximate surface area is 155 Å². The summed E-state index contributed by atoms with van der Waals surface area (Å²) in [6.45, 7) is 1.49. The third-order valence-corrected chi connectivity index (χ3v) is 3.91. The van der Waals surface area contributed by atoms with Crippen LogP contribution in [0.2, 0.25) is 0 Å². The van der Waals surface area contributed by atoms with Crippen molar-refractivity contribution in [2.45, 2.75) is 6.42 Å². The van der Waals surface area contributed by atoms with E-state index in [0.29, 0.717) is 0 Å². The van der Waals surface area contributed by atoms with Gasteiger partial charge in [0.2, 0.25) is 0 Å². The van der Waals surface area contributed by atoms with Gasteiger partial charge in [0, 0.05) is 12.8 Å². The van der Waals surface area contributed by atoms with Gasteiger partial charge in [-0.15, -0.1) is 0 Å². The Kier molecular flexibility index (Phi) is 6.72. The van der Waals surface area contributed by atoms with Gasteiger partial charge >= 0.3 is 0 Å². The predicted molar refractivity (Wildman–Crippen MR) is 111 cm³/mol. The van der Waals surface area contributed by atoms with Gasteiger partial charge in [0.25, 0.3) is 0 Å². The van der Waals surface area contributed by atoms with Gasteiger partial charge in [0.1, 0.15) is 0 Å². The normalized spacial score (nSPS) is 10.5. The second-order valence-electron chi connectivity index (χ2n) is 5.90. The highest BCUT2D eigenvalue weighted by atomic mass is 14.7. The monoisotopic (exact) mass is 338 g/mol. The van der Waals surface area contributed by atoms with Gasteiger partial charge < -0.3 is 0 Å². The molecule has 0 aliphatic heterocycles. The fourth-order valence-corrected chi connectivity index (χ4v) is 2.59. The van der Waals surface area contributed by atoms with Crippen LogP contribution in [0.3, 0.4) is 0 Å². The molecule has 26 heavy (non-hydrogen) atoms. The minimum absolute atomic E-state index is 0.718. The highest BCUT2D eigenvalue weighted by molar-refractivity contribution is 5.98. The molecule has 3 aromatic rings. The number of hydrogen-bond donors (Lipinski definition) is 0. The van der Waals surface area contributed by atoms with Crippen LogP contribution in [0.4, 0.5) is 0 Å². The quantitative estimate of drug-likeness (QED) is 0.413. The van der Waals surface area contributed by atoms with Crippen molar-refractivity contribution in [3.05, 3.63) is 108 Å². The summed E-state index contributed by atoms with van der Waals surface area (Å²) >= 11 is 0. The topological polar surface area (TPSA) is 24.7 Å². The third kappa shape index (κ3) is 5.41. The molecule has 3 aromatic carbocycles. The van der Waals surface area contributed by atoms with E-state index in [0.717, 1.165) is 41.8 Å². The van der Waals surface area contributed by atoms with Crippen molar-refractivity contribution in [1.29, 1.82) is 0 Å². The average Bonchev–Trinajstić information content (AvgIpc) is 2.72. The number of benzene rings is 3. The summed E-state index contributed by atoms with van der Waals surface area (Å²) in [6, 6.07) is 30.7. The lowest BCUT2D eigenvalue weighted by Gasteiger charge is -2.04. The Morgan fingerprint density at radius 2 is 1.23 bits per heavy atom. The standard InChI is InChI=1S/C24H22N2/c1-4-11-21(12-5-1)19-25-17-10-18-26-20-24(22-13-6-2-7-14-22)23-15-8-3-9-16-23/h1-9,11-16,19H,10,17-18H2. The van der Waals surface area contributed by atoms with Gasteiger partial charge in [-0.05, 0) is 29.0 Å². The van der Waals surface area contributed by atoms with Crippen molar-refractivity contribution in [2.24, 2.45) is 9.98 Å². The van der Waals surface area contributed by atoms with Crippen molar-refractivity contribution >= 4 is 17.7 Å². The van der Waals surface area contributed by atoms with Crippen LogP contribution in [0.1, 0.15) is 23.1 Å². The predicted octanol–water partition coefficient (Wildman–Crippen LogP) is 5.30. The Morgan fingerprint density at radius 3 is 1.81 bits per heavy atom. The van der Waals surface area contributed by atoms with E-state index < -0.39 is 0 Å². The minimum atomic E-state index is 0.718. The summed E-state index contributed by atoms with van der Waals surface area (Å²) in [5.41, 5.74) is 4.42. The smallest absolute Gasteiger partial charge is 0.0501 e. The first-order valence-electron chi connectivity index (χ1n) is 8.88. The molecule has 128 valence electrons. The van der Waals surface area contributed by atoms with Gasteiger partial charge in [-0.2, -0.15) is 0 Å². The van der Waals surface area contributed by atoms with Crippen LogP contribution in [0.5, 0.6) is 0 Å². The van der Waals surface area contributed by atoms with Crippen LogP contribution >= 0.6 is 0 Å². The number of hydrogen-bond acceptors (Lipinski definition) is 2. The highest BCUT2D eigenvalue weighted by Gasteiger charge is 2.03. The molecule has 0 saturated carbocycles. The van der Waals surface area contributed by atoms with E-state index in [2.05, 4.69) is 52.3 Å². The van der Waals surface area contributed by atoms with Crippen LogP contribution in [-0.2, 0) is 0 Å². The molecule has 0 saturated heterocycles. The summed E-state index contributed by atoms with van der Waals surface area (Å²) in [5, 5.41) is 0. The lowest BCUT2D eigenvalue weighted by molar-refractivity contribution is 0.852. The molecule has 2 nitrogen and oxygen atoms in total. The second-order valence-corrected chi connectivity index (χ2v) is 5.90. The van der Waals surface area contributed by atoms with Gasteiger partial charge in [-0.1, -0.05) is 91.0 Å². The maximum Gasteiger partial charge on any atom is 0.0501 e. The lowest BCUT2D eigenvalue weighted by atomic mass is 9.99. The molecule has 0 atom stereocenters. The molecule has 0 spiro atoms. The fraction of sp³-hybridized carbons (Fsp3) is 0.125. The fourth-order valence-electron chi connectivity index (χ4n) is 2.59. The van der Waals surface area contributed by atoms with Crippen molar-refractivity contribution in [2.75, 3.05) is 13.1 Å². The van der Waals surface area contributed by atoms with Gasteiger partial charge in [-0.25, -0.2) is 4.99 Å². The first kappa shape index (κ1) is 17.6. The Balaban J connectivity index is 1.63. The van der Waals surface area contributed by atoms with Crippen molar-refractivity contribution in [3.8, 4) is 0 Å². The lowest BCUT2D eigenvalue weighted by Crippen LogP contribution is -1.90. The molecule has 0 aliphatic carbocycles. The van der Waals surface area contributed by atoms with E-state index in [1.807, 2.05) is 60.8 Å². The molecule has 0 aliphatic rings. The Bertz CT molecular complexity index is 834. The van der Waals surface area contributed by atoms with Gasteiger partial charge in [0.15, 0.2) is 0 Å². The van der Waals surface area contributed by atoms with Gasteiger partial charge in [-0.3, -0.25) is 4.99 Å². The summed E-state index contributed by atoms with van der Waals surface area (Å²) in [4.78, 5) is 8.96. The zero-order valence-corrected chi connectivity index (χ0v) is 14.8. The maximum atomic E-state index is 4.51. The molecule has 0 unspecified atom stereocenters. The zero-order chi connectivity index (χ0) is 17.9. The molecule has 0 radical (unpaired) electrons. The molecular formula is C24H22N2. The summed E-state index contributed by atoms with van der Waals surface area (Å²) in [6.07, 6.45) is 2.83. The maximum absolute atomic E-state index is 4.51. The van der Waals surface area contributed by atoms with E-state index in [9.17, 15) is 0 Å². The van der Waals surface area contributed by atoms with Crippen molar-refractivity contribution in [3.63, 3.8) is 0 Å². The van der Waals surface area contributed by atoms with E-state index in [1.54, 1.807) is 0 Å². The highest BCUT2D eigenvalue weighted by Crippen LogP contribution is 2.20. The Hall–Kier alpha value is -3.22. The van der Waals surface area contributed by atoms with Crippen molar-refractivity contribution < 1.29 is 0 Å². The number of aliphatic imine (C=N–C) groups is 2. The molecule has 0 heterocycles. The van der Waals surface area contributed by atoms with E-state index in [4.69, 9.17) is 0 Å². The van der Waals surface area contributed by atoms with Crippen LogP contribution in [0.25, 0.3) is 5.57 Å². The largest absolute Gasteiger partial charge is 0.292 e. The van der Waals surface area contributed by atoms with Crippen LogP contribution in [0, 0.1) is 0 Å². The first-order chi connectivity index (χ1) is 12.9. The molecule has 0 amide bonds. The average molecular weight is 338 g/mol. The molecule has 0 fully saturated rings. The summed E-state index contributed by atoms with van der Waals surface area (Å²) in [5.74, 6) is 3.25.